The van der Waals surface area contributed by atoms with Gasteiger partial charge >= 0.3 is 5.97 Å². The first kappa shape index (κ1) is 15.8. The zero-order chi connectivity index (χ0) is 15.5. The molecule has 0 atom stereocenters. The molecule has 1 aromatic carbocycles. The molecule has 0 fully saturated rings. The maximum atomic E-state index is 12.4. The van der Waals surface area contributed by atoms with Gasteiger partial charge in [0.15, 0.2) is 0 Å². The minimum atomic E-state index is -0.995. The second-order valence-corrected chi connectivity index (χ2v) is 5.51. The van der Waals surface area contributed by atoms with Crippen LogP contribution in [0.4, 0.5) is 0 Å². The lowest BCUT2D eigenvalue weighted by Crippen LogP contribution is -2.46. The first-order valence-corrected chi connectivity index (χ1v) is 6.18. The molecule has 0 saturated heterocycles. The van der Waals surface area contributed by atoms with Gasteiger partial charge in [0.05, 0.1) is 6.42 Å². The molecule has 6 nitrogen and oxygen atoms in total. The third kappa shape index (κ3) is 4.15. The van der Waals surface area contributed by atoms with Crippen LogP contribution < -0.4 is 0 Å². The Bertz CT molecular complexity index is 499. The van der Waals surface area contributed by atoms with E-state index in [1.54, 1.807) is 20.8 Å². The monoisotopic (exact) mass is 281 g/mol. The highest BCUT2D eigenvalue weighted by atomic mass is 16.4. The number of aromatic hydroxyl groups is 2. The molecular formula is C14H19NO5. The first-order chi connectivity index (χ1) is 9.11. The number of phenols is 2. The van der Waals surface area contributed by atoms with Gasteiger partial charge in [-0.1, -0.05) is 0 Å². The lowest BCUT2D eigenvalue weighted by molar-refractivity contribution is -0.137. The van der Waals surface area contributed by atoms with Crippen LogP contribution in [0.3, 0.4) is 0 Å². The van der Waals surface area contributed by atoms with E-state index in [9.17, 15) is 19.8 Å². The van der Waals surface area contributed by atoms with Crippen molar-refractivity contribution in [2.24, 2.45) is 0 Å². The van der Waals surface area contributed by atoms with Gasteiger partial charge in [-0.3, -0.25) is 9.59 Å². The number of hydrogen-bond donors (Lipinski definition) is 3. The van der Waals surface area contributed by atoms with Gasteiger partial charge < -0.3 is 20.2 Å². The molecule has 0 radical (unpaired) electrons. The third-order valence-electron chi connectivity index (χ3n) is 2.75. The number of amides is 1. The molecule has 0 aliphatic rings. The smallest absolute Gasteiger partial charge is 0.305 e. The molecule has 1 aromatic rings. The number of aliphatic carboxylic acids is 1. The van der Waals surface area contributed by atoms with Crippen LogP contribution >= 0.6 is 0 Å². The number of benzene rings is 1. The van der Waals surface area contributed by atoms with Gasteiger partial charge in [0.1, 0.15) is 11.5 Å². The van der Waals surface area contributed by atoms with E-state index in [4.69, 9.17) is 5.11 Å². The summed E-state index contributed by atoms with van der Waals surface area (Å²) in [5.41, 5.74) is -0.462. The topological polar surface area (TPSA) is 98.1 Å². The van der Waals surface area contributed by atoms with Crippen molar-refractivity contribution in [1.29, 1.82) is 0 Å². The number of phenolic OH excluding ortho intramolecular Hbond substituents is 2. The van der Waals surface area contributed by atoms with Crippen molar-refractivity contribution in [3.8, 4) is 11.5 Å². The van der Waals surface area contributed by atoms with Crippen molar-refractivity contribution >= 4 is 11.9 Å². The summed E-state index contributed by atoms with van der Waals surface area (Å²) < 4.78 is 0. The summed E-state index contributed by atoms with van der Waals surface area (Å²) in [7, 11) is 0. The highest BCUT2D eigenvalue weighted by Crippen LogP contribution is 2.24. The van der Waals surface area contributed by atoms with E-state index < -0.39 is 17.4 Å². The quantitative estimate of drug-likeness (QED) is 0.782. The molecule has 0 spiro atoms. The fourth-order valence-electron chi connectivity index (χ4n) is 1.82. The van der Waals surface area contributed by atoms with Crippen LogP contribution in [0.1, 0.15) is 37.6 Å². The van der Waals surface area contributed by atoms with E-state index in [0.717, 1.165) is 6.07 Å². The minimum Gasteiger partial charge on any atom is -0.508 e. The third-order valence-corrected chi connectivity index (χ3v) is 2.75. The zero-order valence-electron chi connectivity index (χ0n) is 11.8. The van der Waals surface area contributed by atoms with Crippen LogP contribution in [-0.4, -0.2) is 44.2 Å². The average molecular weight is 281 g/mol. The Hall–Kier alpha value is -2.24. The predicted molar refractivity (Wildman–Crippen MR) is 72.8 cm³/mol. The molecule has 3 N–H and O–H groups in total. The number of carbonyl (C=O) groups is 2. The summed E-state index contributed by atoms with van der Waals surface area (Å²) in [6, 6.07) is 3.60. The molecule has 0 saturated carbocycles. The molecule has 0 aliphatic carbocycles. The summed E-state index contributed by atoms with van der Waals surface area (Å²) in [6.45, 7) is 5.41. The van der Waals surface area contributed by atoms with E-state index in [0.29, 0.717) is 0 Å². The number of nitrogens with zero attached hydrogens (tertiary/aromatic N) is 1. The average Bonchev–Trinajstić information content (AvgIpc) is 2.25. The van der Waals surface area contributed by atoms with Crippen molar-refractivity contribution in [2.75, 3.05) is 6.54 Å². The molecule has 0 aliphatic heterocycles. The van der Waals surface area contributed by atoms with Crippen molar-refractivity contribution < 1.29 is 24.9 Å². The number of carboxylic acid groups (broad SMARTS) is 1. The van der Waals surface area contributed by atoms with Crippen molar-refractivity contribution in [2.45, 2.75) is 32.7 Å². The molecule has 0 aromatic heterocycles. The van der Waals surface area contributed by atoms with Crippen molar-refractivity contribution in [1.82, 2.24) is 4.90 Å². The maximum absolute atomic E-state index is 12.4. The van der Waals surface area contributed by atoms with Gasteiger partial charge in [-0.25, -0.2) is 0 Å². The van der Waals surface area contributed by atoms with Gasteiger partial charge in [-0.2, -0.15) is 0 Å². The first-order valence-electron chi connectivity index (χ1n) is 6.18. The molecule has 20 heavy (non-hydrogen) atoms. The molecule has 1 amide bonds. The highest BCUT2D eigenvalue weighted by molar-refractivity contribution is 5.95. The second kappa shape index (κ2) is 5.81. The Morgan fingerprint density at radius 3 is 2.00 bits per heavy atom. The molecule has 6 heteroatoms. The van der Waals surface area contributed by atoms with Crippen LogP contribution in [0.5, 0.6) is 11.5 Å². The molecule has 0 heterocycles. The highest BCUT2D eigenvalue weighted by Gasteiger charge is 2.28. The Morgan fingerprint density at radius 1 is 1.10 bits per heavy atom. The normalized spacial score (nSPS) is 11.2. The van der Waals surface area contributed by atoms with Crippen LogP contribution in [0.2, 0.25) is 0 Å². The Morgan fingerprint density at radius 2 is 1.60 bits per heavy atom. The van der Waals surface area contributed by atoms with Gasteiger partial charge in [0, 0.05) is 23.7 Å². The van der Waals surface area contributed by atoms with Crippen molar-refractivity contribution in [3.63, 3.8) is 0 Å². The lowest BCUT2D eigenvalue weighted by Gasteiger charge is -2.35. The SMILES string of the molecule is CC(C)(C)N(CCC(=O)O)C(=O)c1cc(O)cc(O)c1. The van der Waals surface area contributed by atoms with Gasteiger partial charge in [-0.05, 0) is 32.9 Å². The summed E-state index contributed by atoms with van der Waals surface area (Å²) >= 11 is 0. The van der Waals surface area contributed by atoms with E-state index in [1.807, 2.05) is 0 Å². The van der Waals surface area contributed by atoms with Crippen LogP contribution in [-0.2, 0) is 4.79 Å². The van der Waals surface area contributed by atoms with Crippen molar-refractivity contribution in [3.05, 3.63) is 23.8 Å². The lowest BCUT2D eigenvalue weighted by atomic mass is 10.0. The fraction of sp³-hybridized carbons (Fsp3) is 0.429. The van der Waals surface area contributed by atoms with E-state index in [1.165, 1.54) is 17.0 Å². The second-order valence-electron chi connectivity index (χ2n) is 5.51. The number of carboxylic acids is 1. The zero-order valence-corrected chi connectivity index (χ0v) is 11.8. The fourth-order valence-corrected chi connectivity index (χ4v) is 1.82. The summed E-state index contributed by atoms with van der Waals surface area (Å²) in [5.74, 6) is -1.88. The standard InChI is InChI=1S/C14H19NO5/c1-14(2,3)15(5-4-12(18)19)13(20)9-6-10(16)8-11(17)7-9/h6-8,16-17H,4-5H2,1-3H3,(H,18,19). The molecule has 0 bridgehead atoms. The van der Waals surface area contributed by atoms with Gasteiger partial charge in [-0.15, -0.1) is 0 Å². The Kier molecular flexibility index (Phi) is 4.60. The minimum absolute atomic E-state index is 0.0497. The van der Waals surface area contributed by atoms with Gasteiger partial charge in [0.2, 0.25) is 0 Å². The summed E-state index contributed by atoms with van der Waals surface area (Å²) in [5, 5.41) is 27.6. The Labute approximate surface area is 117 Å². The summed E-state index contributed by atoms with van der Waals surface area (Å²) in [6.07, 6.45) is -0.173. The van der Waals surface area contributed by atoms with Gasteiger partial charge in [0.25, 0.3) is 5.91 Å². The van der Waals surface area contributed by atoms with E-state index >= 15 is 0 Å². The molecular weight excluding hydrogens is 262 g/mol. The van der Waals surface area contributed by atoms with E-state index in [2.05, 4.69) is 0 Å². The predicted octanol–water partition coefficient (Wildman–Crippen LogP) is 1.81. The van der Waals surface area contributed by atoms with E-state index in [-0.39, 0.29) is 30.0 Å². The Balaban J connectivity index is 3.06. The van der Waals surface area contributed by atoms with Crippen LogP contribution in [0, 0.1) is 0 Å². The summed E-state index contributed by atoms with van der Waals surface area (Å²) in [4.78, 5) is 24.5. The largest absolute Gasteiger partial charge is 0.508 e. The number of carbonyl (C=O) groups excluding carboxylic acids is 1. The number of rotatable bonds is 4. The van der Waals surface area contributed by atoms with Crippen LogP contribution in [0.25, 0.3) is 0 Å². The van der Waals surface area contributed by atoms with Crippen LogP contribution in [0.15, 0.2) is 18.2 Å². The number of hydrogen-bond acceptors (Lipinski definition) is 4. The molecule has 0 unspecified atom stereocenters. The molecule has 110 valence electrons. The molecule has 1 rings (SSSR count). The maximum Gasteiger partial charge on any atom is 0.305 e.